The fourth-order valence-electron chi connectivity index (χ4n) is 2.74. The minimum absolute atomic E-state index is 0.287. The van der Waals surface area contributed by atoms with E-state index in [0.717, 1.165) is 32.3 Å². The van der Waals surface area contributed by atoms with Gasteiger partial charge in [0.25, 0.3) is 0 Å². The van der Waals surface area contributed by atoms with Crippen molar-refractivity contribution in [3.8, 4) is 0 Å². The van der Waals surface area contributed by atoms with Crippen LogP contribution in [-0.2, 0) is 11.2 Å². The first-order chi connectivity index (χ1) is 10.9. The van der Waals surface area contributed by atoms with Crippen molar-refractivity contribution >= 4 is 0 Å². The molecule has 22 heavy (non-hydrogen) atoms. The molecule has 2 heteroatoms. The van der Waals surface area contributed by atoms with Crippen LogP contribution >= 0.6 is 0 Å². The Balaban J connectivity index is 2.22. The van der Waals surface area contributed by atoms with Crippen molar-refractivity contribution in [3.05, 3.63) is 35.9 Å². The minimum Gasteiger partial charge on any atom is -0.396 e. The first-order valence-electron chi connectivity index (χ1n) is 9.13. The highest BCUT2D eigenvalue weighted by Gasteiger charge is 2.10. The van der Waals surface area contributed by atoms with Gasteiger partial charge in [0, 0.05) is 13.2 Å². The van der Waals surface area contributed by atoms with Crippen LogP contribution in [0, 0.1) is 0 Å². The second-order valence-corrected chi connectivity index (χ2v) is 6.17. The van der Waals surface area contributed by atoms with Gasteiger partial charge in [-0.05, 0) is 37.7 Å². The summed E-state index contributed by atoms with van der Waals surface area (Å²) in [5.41, 5.74) is 1.35. The lowest BCUT2D eigenvalue weighted by Gasteiger charge is -2.18. The molecule has 126 valence electrons. The van der Waals surface area contributed by atoms with E-state index in [1.54, 1.807) is 0 Å². The zero-order chi connectivity index (χ0) is 15.9. The van der Waals surface area contributed by atoms with Crippen molar-refractivity contribution in [2.75, 3.05) is 13.2 Å². The van der Waals surface area contributed by atoms with Gasteiger partial charge >= 0.3 is 0 Å². The Labute approximate surface area is 136 Å². The van der Waals surface area contributed by atoms with E-state index in [1.807, 2.05) is 0 Å². The van der Waals surface area contributed by atoms with E-state index in [-0.39, 0.29) is 6.61 Å². The standard InChI is InChI=1S/C20H34O2/c1-2-3-4-5-6-12-17-22-20(15-10-11-16-21)18-19-13-8-7-9-14-19/h7-9,13-14,20-21H,2-6,10-12,15-18H2,1H3. The lowest BCUT2D eigenvalue weighted by atomic mass is 10.0. The Morgan fingerprint density at radius 2 is 1.64 bits per heavy atom. The van der Waals surface area contributed by atoms with Crippen molar-refractivity contribution in [1.82, 2.24) is 0 Å². The van der Waals surface area contributed by atoms with Gasteiger partial charge in [-0.2, -0.15) is 0 Å². The molecule has 0 fully saturated rings. The molecule has 0 aromatic heterocycles. The summed E-state index contributed by atoms with van der Waals surface area (Å²) in [6.45, 7) is 3.42. The summed E-state index contributed by atoms with van der Waals surface area (Å²) < 4.78 is 6.12. The van der Waals surface area contributed by atoms with Crippen molar-refractivity contribution in [2.45, 2.75) is 77.2 Å². The molecule has 2 nitrogen and oxygen atoms in total. The van der Waals surface area contributed by atoms with Crippen LogP contribution in [0.4, 0.5) is 0 Å². The summed E-state index contributed by atoms with van der Waals surface area (Å²) >= 11 is 0. The Hall–Kier alpha value is -0.860. The number of ether oxygens (including phenoxy) is 1. The van der Waals surface area contributed by atoms with Crippen LogP contribution < -0.4 is 0 Å². The second-order valence-electron chi connectivity index (χ2n) is 6.17. The molecule has 0 amide bonds. The van der Waals surface area contributed by atoms with Crippen LogP contribution in [0.25, 0.3) is 0 Å². The molecule has 1 unspecified atom stereocenters. The third kappa shape index (κ3) is 9.97. The van der Waals surface area contributed by atoms with Crippen molar-refractivity contribution in [3.63, 3.8) is 0 Å². The van der Waals surface area contributed by atoms with Crippen LogP contribution in [0.1, 0.15) is 70.3 Å². The van der Waals surface area contributed by atoms with E-state index in [9.17, 15) is 0 Å². The number of hydrogen-bond acceptors (Lipinski definition) is 2. The highest BCUT2D eigenvalue weighted by atomic mass is 16.5. The third-order valence-electron chi connectivity index (χ3n) is 4.09. The van der Waals surface area contributed by atoms with E-state index in [4.69, 9.17) is 9.84 Å². The van der Waals surface area contributed by atoms with E-state index in [1.165, 1.54) is 44.1 Å². The van der Waals surface area contributed by atoms with E-state index in [0.29, 0.717) is 6.10 Å². The van der Waals surface area contributed by atoms with Crippen LogP contribution in [0.15, 0.2) is 30.3 Å². The number of unbranched alkanes of at least 4 members (excludes halogenated alkanes) is 6. The average Bonchev–Trinajstić information content (AvgIpc) is 2.55. The highest BCUT2D eigenvalue weighted by Crippen LogP contribution is 2.13. The first-order valence-corrected chi connectivity index (χ1v) is 9.13. The van der Waals surface area contributed by atoms with E-state index in [2.05, 4.69) is 37.3 Å². The summed E-state index contributed by atoms with van der Waals surface area (Å²) in [4.78, 5) is 0. The summed E-state index contributed by atoms with van der Waals surface area (Å²) in [6.07, 6.45) is 12.1. The maximum atomic E-state index is 8.94. The topological polar surface area (TPSA) is 29.5 Å². The zero-order valence-electron chi connectivity index (χ0n) is 14.3. The maximum Gasteiger partial charge on any atom is 0.0615 e. The number of benzene rings is 1. The predicted molar refractivity (Wildman–Crippen MR) is 94.2 cm³/mol. The summed E-state index contributed by atoms with van der Waals surface area (Å²) in [5, 5.41) is 8.94. The minimum atomic E-state index is 0.287. The van der Waals surface area contributed by atoms with Crippen LogP contribution in [-0.4, -0.2) is 24.4 Å². The van der Waals surface area contributed by atoms with Crippen LogP contribution in [0.3, 0.4) is 0 Å². The molecule has 0 aliphatic rings. The molecular formula is C20H34O2. The molecule has 0 aliphatic heterocycles. The van der Waals surface area contributed by atoms with Gasteiger partial charge < -0.3 is 9.84 Å². The van der Waals surface area contributed by atoms with Crippen molar-refractivity contribution in [1.29, 1.82) is 0 Å². The number of aliphatic hydroxyl groups is 1. The molecule has 0 bridgehead atoms. The van der Waals surface area contributed by atoms with Crippen LogP contribution in [0.5, 0.6) is 0 Å². The average molecular weight is 306 g/mol. The van der Waals surface area contributed by atoms with Gasteiger partial charge in [0.1, 0.15) is 0 Å². The first kappa shape index (κ1) is 19.2. The number of hydrogen-bond donors (Lipinski definition) is 1. The summed E-state index contributed by atoms with van der Waals surface area (Å²) in [7, 11) is 0. The van der Waals surface area contributed by atoms with Crippen molar-refractivity contribution < 1.29 is 9.84 Å². The Morgan fingerprint density at radius 1 is 0.909 bits per heavy atom. The van der Waals surface area contributed by atoms with Crippen LogP contribution in [0.2, 0.25) is 0 Å². The number of aliphatic hydroxyl groups excluding tert-OH is 1. The maximum absolute atomic E-state index is 8.94. The predicted octanol–water partition coefficient (Wildman–Crippen LogP) is 5.14. The molecule has 0 saturated carbocycles. The SMILES string of the molecule is CCCCCCCCOC(CCCCO)Cc1ccccc1. The van der Waals surface area contributed by atoms with Gasteiger partial charge in [-0.1, -0.05) is 69.4 Å². The van der Waals surface area contributed by atoms with Gasteiger partial charge in [-0.15, -0.1) is 0 Å². The van der Waals surface area contributed by atoms with Gasteiger partial charge in [-0.3, -0.25) is 0 Å². The summed E-state index contributed by atoms with van der Waals surface area (Å²) in [6, 6.07) is 10.6. The molecule has 0 heterocycles. The molecule has 0 saturated heterocycles. The van der Waals surface area contributed by atoms with E-state index >= 15 is 0 Å². The monoisotopic (exact) mass is 306 g/mol. The fraction of sp³-hybridized carbons (Fsp3) is 0.700. The molecule has 0 aliphatic carbocycles. The molecule has 1 aromatic rings. The lowest BCUT2D eigenvalue weighted by molar-refractivity contribution is 0.0426. The molecule has 1 rings (SSSR count). The molecule has 0 spiro atoms. The Bertz CT molecular complexity index is 337. The lowest BCUT2D eigenvalue weighted by Crippen LogP contribution is -2.17. The molecule has 0 radical (unpaired) electrons. The number of rotatable bonds is 14. The molecule has 1 atom stereocenters. The smallest absolute Gasteiger partial charge is 0.0615 e. The van der Waals surface area contributed by atoms with Gasteiger partial charge in [-0.25, -0.2) is 0 Å². The molecule has 1 N–H and O–H groups in total. The molecule has 1 aromatic carbocycles. The van der Waals surface area contributed by atoms with E-state index < -0.39 is 0 Å². The quantitative estimate of drug-likeness (QED) is 0.482. The Morgan fingerprint density at radius 3 is 2.36 bits per heavy atom. The largest absolute Gasteiger partial charge is 0.396 e. The van der Waals surface area contributed by atoms with Gasteiger partial charge in [0.05, 0.1) is 6.10 Å². The fourth-order valence-corrected chi connectivity index (χ4v) is 2.74. The molecular weight excluding hydrogens is 272 g/mol. The third-order valence-corrected chi connectivity index (χ3v) is 4.09. The second kappa shape index (κ2) is 13.8. The zero-order valence-corrected chi connectivity index (χ0v) is 14.3. The highest BCUT2D eigenvalue weighted by molar-refractivity contribution is 5.15. The summed E-state index contributed by atoms with van der Waals surface area (Å²) in [5.74, 6) is 0. The van der Waals surface area contributed by atoms with Gasteiger partial charge in [0.2, 0.25) is 0 Å². The van der Waals surface area contributed by atoms with Gasteiger partial charge in [0.15, 0.2) is 0 Å². The normalized spacial score (nSPS) is 12.5. The Kier molecular flexibility index (Phi) is 12.0. The van der Waals surface area contributed by atoms with Crippen molar-refractivity contribution in [2.24, 2.45) is 0 Å².